The quantitative estimate of drug-likeness (QED) is 0.839. The van der Waals surface area contributed by atoms with Gasteiger partial charge in [0.25, 0.3) is 10.0 Å². The third kappa shape index (κ3) is 3.58. The largest absolute Gasteiger partial charge is 0.450 e. The van der Waals surface area contributed by atoms with Crippen LogP contribution in [0.15, 0.2) is 44.3 Å². The molecule has 1 heterocycles. The minimum atomic E-state index is -3.78. The molecule has 0 fully saturated rings. The van der Waals surface area contributed by atoms with Crippen LogP contribution in [0, 0.1) is 0 Å². The molecule has 0 unspecified atom stereocenters. The summed E-state index contributed by atoms with van der Waals surface area (Å²) in [6, 6.07) is 8.24. The number of furan rings is 1. The fraction of sp³-hybridized carbons (Fsp3) is 0.231. The van der Waals surface area contributed by atoms with E-state index in [0.29, 0.717) is 5.69 Å². The molecule has 2 N–H and O–H groups in total. The molecule has 0 amide bonds. The maximum Gasteiger partial charge on any atom is 0.266 e. The van der Waals surface area contributed by atoms with Gasteiger partial charge in [-0.05, 0) is 40.2 Å². The summed E-state index contributed by atoms with van der Waals surface area (Å²) < 4.78 is 32.2. The van der Waals surface area contributed by atoms with Crippen molar-refractivity contribution >= 4 is 37.3 Å². The maximum atomic E-state index is 12.3. The normalized spacial score (nSPS) is 11.4. The number of sulfonamides is 1. The van der Waals surface area contributed by atoms with E-state index in [1.54, 1.807) is 24.3 Å². The average Bonchev–Trinajstić information content (AvgIpc) is 2.81. The summed E-state index contributed by atoms with van der Waals surface area (Å²) in [6.07, 6.45) is 0. The van der Waals surface area contributed by atoms with Gasteiger partial charge in [-0.1, -0.05) is 0 Å². The topological polar surface area (TPSA) is 82.8 Å². The van der Waals surface area contributed by atoms with Crippen LogP contribution in [0.4, 0.5) is 11.4 Å². The summed E-state index contributed by atoms with van der Waals surface area (Å²) in [5.74, 6) is 0.171. The Morgan fingerprint density at radius 2 is 1.90 bits per heavy atom. The molecule has 0 bridgehead atoms. The fourth-order valence-corrected chi connectivity index (χ4v) is 3.75. The van der Waals surface area contributed by atoms with E-state index in [-0.39, 0.29) is 21.9 Å². The molecule has 1 aromatic heterocycles. The number of nitrogens with zero attached hydrogens (tertiary/aromatic N) is 1. The van der Waals surface area contributed by atoms with Gasteiger partial charge in [-0.2, -0.15) is 0 Å². The number of hydrogen-bond acceptors (Lipinski definition) is 5. The molecule has 2 rings (SSSR count). The first-order chi connectivity index (χ1) is 9.83. The molecule has 1 aromatic carbocycles. The van der Waals surface area contributed by atoms with Crippen LogP contribution < -0.4 is 9.62 Å². The lowest BCUT2D eigenvalue weighted by Gasteiger charge is -2.13. The highest BCUT2D eigenvalue weighted by Gasteiger charge is 2.22. The minimum absolute atomic E-state index is 0.0526. The predicted octanol–water partition coefficient (Wildman–Crippen LogP) is 2.40. The molecule has 0 atom stereocenters. The molecule has 8 heteroatoms. The SMILES string of the molecule is CN(C)c1ccc(NS(=O)(=O)c2cc(CO)oc2Br)cc1. The summed E-state index contributed by atoms with van der Waals surface area (Å²) in [5.41, 5.74) is 1.41. The van der Waals surface area contributed by atoms with E-state index in [9.17, 15) is 8.42 Å². The number of halogens is 1. The van der Waals surface area contributed by atoms with Gasteiger partial charge >= 0.3 is 0 Å². The molecule has 114 valence electrons. The molecule has 6 nitrogen and oxygen atoms in total. The number of aliphatic hydroxyl groups excluding tert-OH is 1. The first-order valence-electron chi connectivity index (χ1n) is 6.03. The molecular weight excluding hydrogens is 360 g/mol. The third-order valence-corrected chi connectivity index (χ3v) is 5.03. The molecule has 0 aliphatic rings. The standard InChI is InChI=1S/C13H15BrN2O4S/c1-16(2)10-5-3-9(4-6-10)15-21(18,19)12-7-11(8-17)20-13(12)14/h3-7,15,17H,8H2,1-2H3. The van der Waals surface area contributed by atoms with Crippen molar-refractivity contribution in [3.63, 3.8) is 0 Å². The third-order valence-electron chi connectivity index (χ3n) is 2.79. The van der Waals surface area contributed by atoms with Crippen LogP contribution in [-0.2, 0) is 16.6 Å². The highest BCUT2D eigenvalue weighted by molar-refractivity contribution is 9.10. The Balaban J connectivity index is 2.26. The van der Waals surface area contributed by atoms with Gasteiger partial charge in [0.1, 0.15) is 17.3 Å². The van der Waals surface area contributed by atoms with E-state index in [0.717, 1.165) is 5.69 Å². The Morgan fingerprint density at radius 1 is 1.29 bits per heavy atom. The van der Waals surface area contributed by atoms with E-state index in [1.807, 2.05) is 19.0 Å². The van der Waals surface area contributed by atoms with Gasteiger partial charge < -0.3 is 14.4 Å². The molecule has 0 radical (unpaired) electrons. The number of anilines is 2. The second-order valence-electron chi connectivity index (χ2n) is 4.56. The summed E-state index contributed by atoms with van der Waals surface area (Å²) in [7, 11) is 0.0202. The minimum Gasteiger partial charge on any atom is -0.450 e. The Hall–Kier alpha value is -1.51. The van der Waals surface area contributed by atoms with Crippen LogP contribution >= 0.6 is 15.9 Å². The first kappa shape index (κ1) is 15.9. The lowest BCUT2D eigenvalue weighted by Crippen LogP contribution is -2.13. The van der Waals surface area contributed by atoms with Gasteiger partial charge in [0.05, 0.1) is 0 Å². The number of benzene rings is 1. The lowest BCUT2D eigenvalue weighted by molar-refractivity contribution is 0.245. The van der Waals surface area contributed by atoms with E-state index in [1.165, 1.54) is 6.07 Å². The zero-order chi connectivity index (χ0) is 15.6. The number of nitrogens with one attached hydrogen (secondary N) is 1. The second kappa shape index (κ2) is 6.08. The van der Waals surface area contributed by atoms with Crippen molar-refractivity contribution in [2.45, 2.75) is 11.5 Å². The van der Waals surface area contributed by atoms with E-state index < -0.39 is 10.0 Å². The van der Waals surface area contributed by atoms with E-state index >= 15 is 0 Å². The van der Waals surface area contributed by atoms with Crippen molar-refractivity contribution in [1.29, 1.82) is 0 Å². The van der Waals surface area contributed by atoms with Crippen LogP contribution in [-0.4, -0.2) is 27.6 Å². The molecule has 0 aliphatic carbocycles. The molecule has 21 heavy (non-hydrogen) atoms. The maximum absolute atomic E-state index is 12.3. The van der Waals surface area contributed by atoms with Crippen LogP contribution in [0.2, 0.25) is 0 Å². The molecule has 0 spiro atoms. The highest BCUT2D eigenvalue weighted by Crippen LogP contribution is 2.28. The predicted molar refractivity (Wildman–Crippen MR) is 83.9 cm³/mol. The molecule has 0 saturated heterocycles. The van der Waals surface area contributed by atoms with Gasteiger partial charge in [0, 0.05) is 31.5 Å². The summed E-state index contributed by atoms with van der Waals surface area (Å²) in [5, 5.41) is 8.98. The zero-order valence-corrected chi connectivity index (χ0v) is 13.9. The van der Waals surface area contributed by atoms with Crippen LogP contribution in [0.3, 0.4) is 0 Å². The summed E-state index contributed by atoms with van der Waals surface area (Å²) in [4.78, 5) is 1.86. The smallest absolute Gasteiger partial charge is 0.266 e. The van der Waals surface area contributed by atoms with Gasteiger partial charge in [-0.25, -0.2) is 8.42 Å². The van der Waals surface area contributed by atoms with Gasteiger partial charge in [-0.3, -0.25) is 4.72 Å². The molecular formula is C13H15BrN2O4S. The Morgan fingerprint density at radius 3 is 2.38 bits per heavy atom. The number of rotatable bonds is 5. The molecule has 2 aromatic rings. The first-order valence-corrected chi connectivity index (χ1v) is 8.30. The van der Waals surface area contributed by atoms with Crippen LogP contribution in [0.25, 0.3) is 0 Å². The van der Waals surface area contributed by atoms with Crippen LogP contribution in [0.5, 0.6) is 0 Å². The van der Waals surface area contributed by atoms with Crippen molar-refractivity contribution in [1.82, 2.24) is 0 Å². The van der Waals surface area contributed by atoms with Crippen molar-refractivity contribution in [2.24, 2.45) is 0 Å². The van der Waals surface area contributed by atoms with Crippen molar-refractivity contribution in [2.75, 3.05) is 23.7 Å². The molecule has 0 saturated carbocycles. The Labute approximate surface area is 131 Å². The van der Waals surface area contributed by atoms with E-state index in [2.05, 4.69) is 20.7 Å². The van der Waals surface area contributed by atoms with Crippen molar-refractivity contribution < 1.29 is 17.9 Å². The number of hydrogen-bond donors (Lipinski definition) is 2. The Kier molecular flexibility index (Phi) is 4.60. The number of aliphatic hydroxyl groups is 1. The van der Waals surface area contributed by atoms with Crippen LogP contribution in [0.1, 0.15) is 5.76 Å². The van der Waals surface area contributed by atoms with Gasteiger partial charge in [0.15, 0.2) is 4.67 Å². The van der Waals surface area contributed by atoms with Crippen molar-refractivity contribution in [3.05, 3.63) is 40.8 Å². The highest BCUT2D eigenvalue weighted by atomic mass is 79.9. The average molecular weight is 375 g/mol. The second-order valence-corrected chi connectivity index (χ2v) is 6.93. The van der Waals surface area contributed by atoms with E-state index in [4.69, 9.17) is 9.52 Å². The van der Waals surface area contributed by atoms with Gasteiger partial charge in [-0.15, -0.1) is 0 Å². The molecule has 0 aliphatic heterocycles. The Bertz CT molecular complexity index is 723. The summed E-state index contributed by atoms with van der Waals surface area (Å²) in [6.45, 7) is -0.369. The zero-order valence-electron chi connectivity index (χ0n) is 11.5. The van der Waals surface area contributed by atoms with Gasteiger partial charge in [0.2, 0.25) is 0 Å². The fourth-order valence-electron chi connectivity index (χ4n) is 1.70. The monoisotopic (exact) mass is 374 g/mol. The summed E-state index contributed by atoms with van der Waals surface area (Å²) >= 11 is 3.03. The van der Waals surface area contributed by atoms with Crippen molar-refractivity contribution in [3.8, 4) is 0 Å². The lowest BCUT2D eigenvalue weighted by atomic mass is 10.3.